The lowest BCUT2D eigenvalue weighted by atomic mass is 10.1. The lowest BCUT2D eigenvalue weighted by molar-refractivity contribution is -0.125. The molecule has 2 heterocycles. The van der Waals surface area contributed by atoms with Gasteiger partial charge < -0.3 is 15.2 Å². The number of aromatic nitrogens is 1. The average molecular weight is 414 g/mol. The largest absolute Gasteiger partial charge is 0.361 e. The van der Waals surface area contributed by atoms with Gasteiger partial charge in [0.05, 0.1) is 18.8 Å². The van der Waals surface area contributed by atoms with Gasteiger partial charge in [-0.05, 0) is 38.8 Å². The van der Waals surface area contributed by atoms with Crippen LogP contribution in [0.4, 0.5) is 5.69 Å². The van der Waals surface area contributed by atoms with E-state index in [-0.39, 0.29) is 18.4 Å². The van der Waals surface area contributed by atoms with Crippen molar-refractivity contribution < 1.29 is 14.1 Å². The van der Waals surface area contributed by atoms with Crippen LogP contribution in [0.5, 0.6) is 0 Å². The number of rotatable bonds is 7. The van der Waals surface area contributed by atoms with E-state index in [1.54, 1.807) is 0 Å². The molecule has 0 aliphatic carbocycles. The van der Waals surface area contributed by atoms with Gasteiger partial charge in [0.25, 0.3) is 0 Å². The molecule has 8 heteroatoms. The molecule has 0 unspecified atom stereocenters. The molecule has 1 aliphatic heterocycles. The summed E-state index contributed by atoms with van der Waals surface area (Å²) >= 11 is 0. The van der Waals surface area contributed by atoms with Crippen molar-refractivity contribution in [1.82, 2.24) is 20.3 Å². The van der Waals surface area contributed by atoms with Crippen molar-refractivity contribution in [3.8, 4) is 0 Å². The van der Waals surface area contributed by atoms with Gasteiger partial charge in [0.1, 0.15) is 5.76 Å². The van der Waals surface area contributed by atoms with Crippen LogP contribution >= 0.6 is 0 Å². The molecule has 2 aromatic rings. The summed E-state index contributed by atoms with van der Waals surface area (Å²) in [7, 11) is 0. The Morgan fingerprint density at radius 3 is 2.20 bits per heavy atom. The van der Waals surface area contributed by atoms with Crippen LogP contribution < -0.4 is 10.6 Å². The van der Waals surface area contributed by atoms with Crippen LogP contribution in [-0.4, -0.2) is 66.0 Å². The molecule has 2 amide bonds. The predicted molar refractivity (Wildman–Crippen MR) is 115 cm³/mol. The fourth-order valence-electron chi connectivity index (χ4n) is 3.83. The van der Waals surface area contributed by atoms with E-state index >= 15 is 0 Å². The summed E-state index contributed by atoms with van der Waals surface area (Å²) in [6.07, 6.45) is 0. The Bertz CT molecular complexity index is 877. The van der Waals surface area contributed by atoms with E-state index < -0.39 is 0 Å². The summed E-state index contributed by atoms with van der Waals surface area (Å²) in [5.74, 6) is 0.464. The molecule has 1 aliphatic rings. The van der Waals surface area contributed by atoms with Crippen LogP contribution in [0.15, 0.2) is 22.7 Å². The first-order valence-corrected chi connectivity index (χ1v) is 10.3. The van der Waals surface area contributed by atoms with Crippen molar-refractivity contribution in [2.75, 3.05) is 44.6 Å². The molecular formula is C22H31N5O3. The summed E-state index contributed by atoms with van der Waals surface area (Å²) in [6.45, 7) is 12.2. The van der Waals surface area contributed by atoms with E-state index in [4.69, 9.17) is 4.52 Å². The Morgan fingerprint density at radius 1 is 0.967 bits per heavy atom. The summed E-state index contributed by atoms with van der Waals surface area (Å²) < 4.78 is 5.11. The molecule has 0 atom stereocenters. The third-order valence-electron chi connectivity index (χ3n) is 5.28. The van der Waals surface area contributed by atoms with Crippen LogP contribution in [0, 0.1) is 27.7 Å². The topological polar surface area (TPSA) is 90.7 Å². The summed E-state index contributed by atoms with van der Waals surface area (Å²) in [4.78, 5) is 28.9. The van der Waals surface area contributed by atoms with Crippen molar-refractivity contribution in [1.29, 1.82) is 0 Å². The first-order valence-electron chi connectivity index (χ1n) is 10.3. The molecule has 30 heavy (non-hydrogen) atoms. The molecule has 0 spiro atoms. The zero-order chi connectivity index (χ0) is 21.7. The van der Waals surface area contributed by atoms with Crippen LogP contribution in [-0.2, 0) is 16.1 Å². The van der Waals surface area contributed by atoms with Crippen LogP contribution in [0.1, 0.15) is 28.1 Å². The van der Waals surface area contributed by atoms with Gasteiger partial charge >= 0.3 is 0 Å². The molecule has 0 bridgehead atoms. The standard InChI is InChI=1S/C22H31N5O3/c1-15-9-16(2)22(17(3)10-15)24-20(28)12-23-21(29)14-27-7-5-26(6-8-27)13-19-11-18(4)30-25-19/h9-11H,5-8,12-14H2,1-4H3,(H,23,29)(H,24,28). The number of carbonyl (C=O) groups is 2. The van der Waals surface area contributed by atoms with Gasteiger partial charge in [-0.3, -0.25) is 19.4 Å². The summed E-state index contributed by atoms with van der Waals surface area (Å²) in [6, 6.07) is 6.01. The molecule has 0 saturated carbocycles. The third kappa shape index (κ3) is 6.14. The Hall–Kier alpha value is -2.71. The molecule has 1 saturated heterocycles. The Kier molecular flexibility index (Phi) is 7.23. The number of amides is 2. The lowest BCUT2D eigenvalue weighted by Gasteiger charge is -2.33. The number of hydrogen-bond acceptors (Lipinski definition) is 6. The van der Waals surface area contributed by atoms with Crippen molar-refractivity contribution in [3.63, 3.8) is 0 Å². The minimum absolute atomic E-state index is 0.0307. The predicted octanol–water partition coefficient (Wildman–Crippen LogP) is 1.78. The highest BCUT2D eigenvalue weighted by Crippen LogP contribution is 2.21. The molecule has 162 valence electrons. The molecule has 0 radical (unpaired) electrons. The van der Waals surface area contributed by atoms with Gasteiger partial charge in [-0.15, -0.1) is 0 Å². The first-order chi connectivity index (χ1) is 14.3. The quantitative estimate of drug-likeness (QED) is 0.719. The average Bonchev–Trinajstić information content (AvgIpc) is 3.09. The molecule has 2 N–H and O–H groups in total. The monoisotopic (exact) mass is 413 g/mol. The van der Waals surface area contributed by atoms with Crippen molar-refractivity contribution in [2.24, 2.45) is 0 Å². The first kappa shape index (κ1) is 22.0. The van der Waals surface area contributed by atoms with E-state index in [1.165, 1.54) is 0 Å². The maximum atomic E-state index is 12.3. The third-order valence-corrected chi connectivity index (χ3v) is 5.28. The Morgan fingerprint density at radius 2 is 1.60 bits per heavy atom. The van der Waals surface area contributed by atoms with Crippen LogP contribution in [0.25, 0.3) is 0 Å². The van der Waals surface area contributed by atoms with E-state index in [1.807, 2.05) is 45.9 Å². The van der Waals surface area contributed by atoms with E-state index in [9.17, 15) is 9.59 Å². The molecule has 8 nitrogen and oxygen atoms in total. The fourth-order valence-corrected chi connectivity index (χ4v) is 3.83. The van der Waals surface area contributed by atoms with E-state index in [0.29, 0.717) is 6.54 Å². The fraction of sp³-hybridized carbons (Fsp3) is 0.500. The van der Waals surface area contributed by atoms with Crippen LogP contribution in [0.2, 0.25) is 0 Å². The number of nitrogens with zero attached hydrogens (tertiary/aromatic N) is 3. The smallest absolute Gasteiger partial charge is 0.243 e. The van der Waals surface area contributed by atoms with E-state index in [2.05, 4.69) is 25.6 Å². The maximum Gasteiger partial charge on any atom is 0.243 e. The highest BCUT2D eigenvalue weighted by atomic mass is 16.5. The van der Waals surface area contributed by atoms with Crippen LogP contribution in [0.3, 0.4) is 0 Å². The molecule has 3 rings (SSSR count). The van der Waals surface area contributed by atoms with Gasteiger partial charge in [-0.2, -0.15) is 0 Å². The highest BCUT2D eigenvalue weighted by Gasteiger charge is 2.20. The van der Waals surface area contributed by atoms with Crippen molar-refractivity contribution in [2.45, 2.75) is 34.2 Å². The zero-order valence-corrected chi connectivity index (χ0v) is 18.2. The minimum atomic E-state index is -0.217. The number of piperazine rings is 1. The number of aryl methyl sites for hydroxylation is 4. The second-order valence-corrected chi connectivity index (χ2v) is 8.08. The lowest BCUT2D eigenvalue weighted by Crippen LogP contribution is -2.49. The Balaban J connectivity index is 1.37. The number of hydrogen-bond donors (Lipinski definition) is 2. The van der Waals surface area contributed by atoms with Gasteiger partial charge in [0.15, 0.2) is 0 Å². The normalized spacial score (nSPS) is 15.2. The molecule has 1 aromatic carbocycles. The highest BCUT2D eigenvalue weighted by molar-refractivity contribution is 5.96. The van der Waals surface area contributed by atoms with Crippen molar-refractivity contribution >= 4 is 17.5 Å². The minimum Gasteiger partial charge on any atom is -0.361 e. The number of nitrogens with one attached hydrogen (secondary N) is 2. The van der Waals surface area contributed by atoms with Gasteiger partial charge in [0, 0.05) is 44.5 Å². The maximum absolute atomic E-state index is 12.3. The SMILES string of the molecule is Cc1cc(C)c(NC(=O)CNC(=O)CN2CCN(Cc3cc(C)on3)CC2)c(C)c1. The molecule has 1 aromatic heterocycles. The van der Waals surface area contributed by atoms with Crippen molar-refractivity contribution in [3.05, 3.63) is 46.3 Å². The summed E-state index contributed by atoms with van der Waals surface area (Å²) in [5.41, 5.74) is 4.95. The van der Waals surface area contributed by atoms with Gasteiger partial charge in [-0.1, -0.05) is 22.9 Å². The summed E-state index contributed by atoms with van der Waals surface area (Å²) in [5, 5.41) is 9.66. The Labute approximate surface area is 177 Å². The second-order valence-electron chi connectivity index (χ2n) is 8.08. The van der Waals surface area contributed by atoms with Gasteiger partial charge in [-0.25, -0.2) is 0 Å². The van der Waals surface area contributed by atoms with Gasteiger partial charge in [0.2, 0.25) is 11.8 Å². The number of benzene rings is 1. The number of carbonyl (C=O) groups excluding carboxylic acids is 2. The zero-order valence-electron chi connectivity index (χ0n) is 18.2. The van der Waals surface area contributed by atoms with E-state index in [0.717, 1.165) is 66.6 Å². The molecule has 1 fully saturated rings. The number of anilines is 1. The molecular weight excluding hydrogens is 382 g/mol. The second kappa shape index (κ2) is 9.86.